The molecule has 7 aromatic carbocycles. The molecule has 10 rings (SSSR count). The van der Waals surface area contributed by atoms with Gasteiger partial charge in [0, 0.05) is 40.0 Å². The minimum Gasteiger partial charge on any atom is -0.349 e. The molecule has 0 amide bonds. The van der Waals surface area contributed by atoms with E-state index in [0.717, 1.165) is 17.5 Å². The minimum atomic E-state index is 0.0640. The maximum atomic E-state index is 5.43. The third-order valence-electron chi connectivity index (χ3n) is 11.1. The lowest BCUT2D eigenvalue weighted by Crippen LogP contribution is -2.30. The number of pyridine rings is 1. The van der Waals surface area contributed by atoms with E-state index in [1.807, 2.05) is 0 Å². The van der Waals surface area contributed by atoms with E-state index in [9.17, 15) is 0 Å². The second-order valence-electron chi connectivity index (χ2n) is 14.1. The van der Waals surface area contributed by atoms with Gasteiger partial charge in [0.05, 0.1) is 22.4 Å². The lowest BCUT2D eigenvalue weighted by Gasteiger charge is -2.31. The molecule has 0 radical (unpaired) electrons. The highest BCUT2D eigenvalue weighted by molar-refractivity contribution is 6.18. The van der Waals surface area contributed by atoms with Crippen LogP contribution in [0.15, 0.2) is 158 Å². The maximum absolute atomic E-state index is 5.43. The first-order valence-electron chi connectivity index (χ1n) is 18.0. The highest BCUT2D eigenvalue weighted by Crippen LogP contribution is 2.49. The van der Waals surface area contributed by atoms with Crippen LogP contribution < -0.4 is 9.80 Å². The molecule has 1 aromatic heterocycles. The summed E-state index contributed by atoms with van der Waals surface area (Å²) in [7, 11) is 2.20. The van der Waals surface area contributed by atoms with Gasteiger partial charge in [-0.2, -0.15) is 0 Å². The van der Waals surface area contributed by atoms with Crippen LogP contribution in [0.25, 0.3) is 60.9 Å². The zero-order valence-electron chi connectivity index (χ0n) is 28.8. The first-order chi connectivity index (χ1) is 25.1. The zero-order chi connectivity index (χ0) is 34.1. The average molecular weight is 656 g/mol. The van der Waals surface area contributed by atoms with Gasteiger partial charge in [-0.1, -0.05) is 146 Å². The summed E-state index contributed by atoms with van der Waals surface area (Å²) in [5.41, 5.74) is 14.6. The minimum absolute atomic E-state index is 0.0640. The Labute approximate surface area is 298 Å². The van der Waals surface area contributed by atoms with Crippen LogP contribution in [0.3, 0.4) is 0 Å². The van der Waals surface area contributed by atoms with E-state index in [2.05, 4.69) is 188 Å². The van der Waals surface area contributed by atoms with Crippen LogP contribution in [0.2, 0.25) is 0 Å². The van der Waals surface area contributed by atoms with E-state index < -0.39 is 0 Å². The molecular formula is C48H37N3. The summed E-state index contributed by atoms with van der Waals surface area (Å²) in [5.74, 6) is 0.485. The number of anilines is 3. The van der Waals surface area contributed by atoms with Crippen LogP contribution in [-0.4, -0.2) is 12.0 Å². The Kier molecular flexibility index (Phi) is 6.82. The molecule has 0 saturated carbocycles. The predicted octanol–water partition coefficient (Wildman–Crippen LogP) is 12.7. The number of hydrogen-bond acceptors (Lipinski definition) is 3. The van der Waals surface area contributed by atoms with E-state index in [0.29, 0.717) is 5.92 Å². The largest absolute Gasteiger partial charge is 0.349 e. The van der Waals surface area contributed by atoms with Gasteiger partial charge in [0.1, 0.15) is 6.17 Å². The van der Waals surface area contributed by atoms with Crippen molar-refractivity contribution in [2.45, 2.75) is 25.4 Å². The number of aromatic nitrogens is 1. The third kappa shape index (κ3) is 4.69. The number of hydrogen-bond donors (Lipinski definition) is 0. The smallest absolute Gasteiger partial charge is 0.132 e. The number of rotatable bonds is 4. The van der Waals surface area contributed by atoms with Crippen LogP contribution in [-0.2, 0) is 0 Å². The van der Waals surface area contributed by atoms with Gasteiger partial charge in [-0.25, -0.2) is 4.98 Å². The highest BCUT2D eigenvalue weighted by Gasteiger charge is 2.35. The van der Waals surface area contributed by atoms with E-state index in [-0.39, 0.29) is 6.17 Å². The monoisotopic (exact) mass is 655 g/mol. The molecule has 2 heterocycles. The van der Waals surface area contributed by atoms with Crippen LogP contribution in [0, 0.1) is 0 Å². The molecule has 0 N–H and O–H groups in total. The predicted molar refractivity (Wildman–Crippen MR) is 216 cm³/mol. The molecule has 0 bridgehead atoms. The first-order valence-corrected chi connectivity index (χ1v) is 18.0. The normalized spacial score (nSPS) is 16.6. The fourth-order valence-corrected chi connectivity index (χ4v) is 8.53. The zero-order valence-corrected chi connectivity index (χ0v) is 28.8. The van der Waals surface area contributed by atoms with Crippen molar-refractivity contribution in [1.82, 2.24) is 4.98 Å². The molecule has 3 heteroatoms. The summed E-state index contributed by atoms with van der Waals surface area (Å²) >= 11 is 0. The third-order valence-corrected chi connectivity index (χ3v) is 11.1. The van der Waals surface area contributed by atoms with Crippen molar-refractivity contribution in [1.29, 1.82) is 0 Å². The fourth-order valence-electron chi connectivity index (χ4n) is 8.53. The Morgan fingerprint density at radius 3 is 2.02 bits per heavy atom. The van der Waals surface area contributed by atoms with Crippen molar-refractivity contribution in [3.05, 3.63) is 174 Å². The van der Waals surface area contributed by atoms with E-state index >= 15 is 0 Å². The molecule has 244 valence electrons. The van der Waals surface area contributed by atoms with Crippen molar-refractivity contribution in [3.8, 4) is 22.3 Å². The van der Waals surface area contributed by atoms with Gasteiger partial charge in [0.25, 0.3) is 0 Å². The lowest BCUT2D eigenvalue weighted by atomic mass is 9.85. The van der Waals surface area contributed by atoms with Crippen molar-refractivity contribution < 1.29 is 0 Å². The second-order valence-corrected chi connectivity index (χ2v) is 14.1. The van der Waals surface area contributed by atoms with Crippen LogP contribution in [0.1, 0.15) is 42.1 Å². The molecule has 2 aliphatic rings. The average Bonchev–Trinajstić information content (AvgIpc) is 3.49. The summed E-state index contributed by atoms with van der Waals surface area (Å²) in [5, 5.41) is 4.81. The Morgan fingerprint density at radius 2 is 1.22 bits per heavy atom. The van der Waals surface area contributed by atoms with Gasteiger partial charge < -0.3 is 9.80 Å². The summed E-state index contributed by atoms with van der Waals surface area (Å²) in [6.07, 6.45) is 5.73. The van der Waals surface area contributed by atoms with Gasteiger partial charge in [-0.15, -0.1) is 0 Å². The first kappa shape index (κ1) is 29.7. The van der Waals surface area contributed by atoms with Crippen molar-refractivity contribution in [3.63, 3.8) is 0 Å². The SMILES string of the molecule is CC1CC=Cc2c1ccc1c(-c3ccc(-c4ccc(C5N(C)c6ccccc6N5c5ccccc5)cc4)cc3)c3ccc4ccccc4c3nc21. The highest BCUT2D eigenvalue weighted by atomic mass is 15.4. The Balaban J connectivity index is 1.06. The van der Waals surface area contributed by atoms with Gasteiger partial charge in [-0.05, 0) is 69.8 Å². The molecule has 2 atom stereocenters. The van der Waals surface area contributed by atoms with Crippen molar-refractivity contribution in [2.75, 3.05) is 16.8 Å². The van der Waals surface area contributed by atoms with Crippen molar-refractivity contribution in [2.24, 2.45) is 0 Å². The number of nitrogens with zero attached hydrogens (tertiary/aromatic N) is 3. The maximum Gasteiger partial charge on any atom is 0.132 e. The van der Waals surface area contributed by atoms with Crippen molar-refractivity contribution >= 4 is 55.7 Å². The van der Waals surface area contributed by atoms with E-state index in [1.165, 1.54) is 77.6 Å². The molecule has 0 saturated heterocycles. The molecule has 8 aromatic rings. The molecule has 0 fully saturated rings. The number of benzene rings is 7. The summed E-state index contributed by atoms with van der Waals surface area (Å²) in [6, 6.07) is 55.4. The molecule has 1 aliphatic carbocycles. The lowest BCUT2D eigenvalue weighted by molar-refractivity contribution is 0.719. The standard InChI is InChI=1S/C48H37N3/c1-31-11-10-16-40-38(31)29-30-42-45(41-28-27-34-12-6-7-15-39(34)46(41)49-47(40)42)35-23-19-32(20-24-35)33-21-25-36(26-22-33)48-50(2)43-17-8-9-18-44(43)51(48)37-13-4-3-5-14-37/h3-10,12-31,48H,11H2,1-2H3. The molecule has 0 spiro atoms. The second kappa shape index (κ2) is 11.7. The Morgan fingerprint density at radius 1 is 0.569 bits per heavy atom. The number of para-hydroxylation sites is 3. The van der Waals surface area contributed by atoms with E-state index in [4.69, 9.17) is 4.98 Å². The van der Waals surface area contributed by atoms with Crippen LogP contribution in [0.4, 0.5) is 17.1 Å². The molecule has 3 nitrogen and oxygen atoms in total. The van der Waals surface area contributed by atoms with Gasteiger partial charge >= 0.3 is 0 Å². The van der Waals surface area contributed by atoms with E-state index in [1.54, 1.807) is 0 Å². The summed E-state index contributed by atoms with van der Waals surface area (Å²) in [4.78, 5) is 10.3. The summed E-state index contributed by atoms with van der Waals surface area (Å²) < 4.78 is 0. The molecule has 1 aliphatic heterocycles. The van der Waals surface area contributed by atoms with Crippen LogP contribution >= 0.6 is 0 Å². The molecule has 51 heavy (non-hydrogen) atoms. The fraction of sp³-hybridized carbons (Fsp3) is 0.104. The summed E-state index contributed by atoms with van der Waals surface area (Å²) in [6.45, 7) is 2.32. The molecular weight excluding hydrogens is 619 g/mol. The number of fused-ring (bicyclic) bond motifs is 7. The quantitative estimate of drug-likeness (QED) is 0.139. The Hall–Kier alpha value is -6.19. The van der Waals surface area contributed by atoms with Crippen LogP contribution in [0.5, 0.6) is 0 Å². The van der Waals surface area contributed by atoms with Gasteiger partial charge in [-0.3, -0.25) is 0 Å². The van der Waals surface area contributed by atoms with Gasteiger partial charge in [0.15, 0.2) is 0 Å². The van der Waals surface area contributed by atoms with Gasteiger partial charge in [0.2, 0.25) is 0 Å². The number of allylic oxidation sites excluding steroid dienone is 1. The molecule has 2 unspecified atom stereocenters. The topological polar surface area (TPSA) is 19.4 Å². The Bertz CT molecular complexity index is 2640.